The monoisotopic (exact) mass is 312 g/mol. The van der Waals surface area contributed by atoms with E-state index in [1.54, 1.807) is 0 Å². The van der Waals surface area contributed by atoms with Gasteiger partial charge in [-0.15, -0.1) is 0 Å². The maximum absolute atomic E-state index is 2.36. The molecule has 0 heterocycles. The molecule has 0 saturated heterocycles. The van der Waals surface area contributed by atoms with E-state index in [0.717, 1.165) is 0 Å². The van der Waals surface area contributed by atoms with Crippen LogP contribution in [0.1, 0.15) is 43.2 Å². The van der Waals surface area contributed by atoms with E-state index in [1.165, 1.54) is 54.4 Å². The quantitative estimate of drug-likeness (QED) is 0.511. The van der Waals surface area contributed by atoms with Crippen LogP contribution in [-0.4, -0.2) is 0 Å². The van der Waals surface area contributed by atoms with Crippen LogP contribution in [0.2, 0.25) is 0 Å². The molecule has 0 nitrogen and oxygen atoms in total. The van der Waals surface area contributed by atoms with Crippen molar-refractivity contribution in [2.24, 2.45) is 0 Å². The van der Waals surface area contributed by atoms with Crippen LogP contribution < -0.4 is 0 Å². The molecule has 1 aliphatic rings. The molecule has 0 N–H and O–H groups in total. The van der Waals surface area contributed by atoms with Gasteiger partial charge in [0.2, 0.25) is 0 Å². The van der Waals surface area contributed by atoms with Crippen molar-refractivity contribution in [2.45, 2.75) is 37.5 Å². The molecule has 0 spiro atoms. The molecule has 120 valence electrons. The first kappa shape index (κ1) is 15.2. The van der Waals surface area contributed by atoms with Crippen molar-refractivity contribution in [1.29, 1.82) is 0 Å². The molecule has 0 atom stereocenters. The first-order valence-electron chi connectivity index (χ1n) is 9.10. The van der Waals surface area contributed by atoms with Crippen molar-refractivity contribution in [2.75, 3.05) is 0 Å². The Balaban J connectivity index is 1.74. The second kappa shape index (κ2) is 6.65. The molecule has 4 rings (SSSR count). The summed E-state index contributed by atoms with van der Waals surface area (Å²) in [7, 11) is 0. The van der Waals surface area contributed by atoms with Crippen molar-refractivity contribution < 1.29 is 0 Å². The molecule has 0 aliphatic heterocycles. The fourth-order valence-corrected chi connectivity index (χ4v) is 4.27. The highest BCUT2D eigenvalue weighted by Gasteiger charge is 2.35. The number of benzene rings is 3. The zero-order valence-corrected chi connectivity index (χ0v) is 14.1. The molecule has 3 aromatic rings. The van der Waals surface area contributed by atoms with Crippen LogP contribution in [0.4, 0.5) is 0 Å². The molecule has 24 heavy (non-hydrogen) atoms. The molecule has 0 amide bonds. The van der Waals surface area contributed by atoms with Gasteiger partial charge in [0.1, 0.15) is 0 Å². The van der Waals surface area contributed by atoms with Gasteiger partial charge in [-0.2, -0.15) is 0 Å². The van der Waals surface area contributed by atoms with E-state index in [4.69, 9.17) is 0 Å². The van der Waals surface area contributed by atoms with E-state index < -0.39 is 0 Å². The van der Waals surface area contributed by atoms with Crippen molar-refractivity contribution in [3.8, 4) is 11.1 Å². The first-order chi connectivity index (χ1) is 11.9. The normalized spacial score (nSPS) is 16.7. The first-order valence-corrected chi connectivity index (χ1v) is 9.10. The van der Waals surface area contributed by atoms with Gasteiger partial charge < -0.3 is 0 Å². The van der Waals surface area contributed by atoms with Crippen molar-refractivity contribution in [3.05, 3.63) is 96.1 Å². The van der Waals surface area contributed by atoms with Gasteiger partial charge in [0.15, 0.2) is 0 Å². The minimum Gasteiger partial charge on any atom is -0.0622 e. The maximum atomic E-state index is 2.36. The largest absolute Gasteiger partial charge is 0.0622 e. The number of hydrogen-bond donors (Lipinski definition) is 0. The van der Waals surface area contributed by atoms with Gasteiger partial charge in [0, 0.05) is 5.41 Å². The predicted octanol–water partition coefficient (Wildman–Crippen LogP) is 6.60. The van der Waals surface area contributed by atoms with E-state index >= 15 is 0 Å². The van der Waals surface area contributed by atoms with E-state index in [2.05, 4.69) is 84.9 Å². The molecule has 3 aromatic carbocycles. The van der Waals surface area contributed by atoms with Crippen LogP contribution in [-0.2, 0) is 5.41 Å². The third kappa shape index (κ3) is 2.78. The fourth-order valence-electron chi connectivity index (χ4n) is 4.27. The van der Waals surface area contributed by atoms with E-state index in [-0.39, 0.29) is 5.41 Å². The Hall–Kier alpha value is -2.34. The minimum atomic E-state index is 0.203. The Labute approximate surface area is 145 Å². The Kier molecular flexibility index (Phi) is 4.21. The molecule has 0 aromatic heterocycles. The van der Waals surface area contributed by atoms with Gasteiger partial charge >= 0.3 is 0 Å². The minimum absolute atomic E-state index is 0.203. The lowest BCUT2D eigenvalue weighted by molar-refractivity contribution is 0.346. The summed E-state index contributed by atoms with van der Waals surface area (Å²) >= 11 is 0. The van der Waals surface area contributed by atoms with Gasteiger partial charge in [-0.25, -0.2) is 0 Å². The van der Waals surface area contributed by atoms with E-state index in [9.17, 15) is 0 Å². The van der Waals surface area contributed by atoms with Crippen molar-refractivity contribution >= 4 is 0 Å². The molecule has 0 radical (unpaired) electrons. The lowest BCUT2D eigenvalue weighted by atomic mass is 9.65. The lowest BCUT2D eigenvalue weighted by Gasteiger charge is -2.38. The van der Waals surface area contributed by atoms with E-state index in [1.807, 2.05) is 0 Å². The standard InChI is InChI=1S/C24H24/c1-4-10-20(11-5-1)21-14-16-23(17-15-21)24(18-8-3-9-19-24)22-12-6-2-7-13-22/h1-2,4-7,10-17H,3,8-9,18-19H2. The highest BCUT2D eigenvalue weighted by atomic mass is 14.4. The molecule has 1 saturated carbocycles. The Bertz CT molecular complexity index is 763. The maximum Gasteiger partial charge on any atom is 0.0202 e. The zero-order valence-electron chi connectivity index (χ0n) is 14.1. The SMILES string of the molecule is c1ccc(-c2ccc(C3(c4ccccc4)CCCCC3)cc2)cc1. The second-order valence-corrected chi connectivity index (χ2v) is 6.95. The van der Waals surface area contributed by atoms with Gasteiger partial charge in [-0.3, -0.25) is 0 Å². The molecular formula is C24H24. The van der Waals surface area contributed by atoms with Crippen LogP contribution >= 0.6 is 0 Å². The van der Waals surface area contributed by atoms with Crippen LogP contribution in [0.15, 0.2) is 84.9 Å². The molecular weight excluding hydrogens is 288 g/mol. The number of hydrogen-bond acceptors (Lipinski definition) is 0. The lowest BCUT2D eigenvalue weighted by Crippen LogP contribution is -2.30. The van der Waals surface area contributed by atoms with Gasteiger partial charge in [0.25, 0.3) is 0 Å². The molecule has 0 unspecified atom stereocenters. The third-order valence-electron chi connectivity index (χ3n) is 5.58. The van der Waals surface area contributed by atoms with Crippen LogP contribution in [0.25, 0.3) is 11.1 Å². The average Bonchev–Trinajstić information content (AvgIpc) is 2.70. The summed E-state index contributed by atoms with van der Waals surface area (Å²) < 4.78 is 0. The molecule has 0 bridgehead atoms. The van der Waals surface area contributed by atoms with E-state index in [0.29, 0.717) is 0 Å². The Morgan fingerprint density at radius 1 is 0.458 bits per heavy atom. The van der Waals surface area contributed by atoms with Gasteiger partial charge in [-0.1, -0.05) is 104 Å². The Morgan fingerprint density at radius 2 is 0.958 bits per heavy atom. The average molecular weight is 312 g/mol. The topological polar surface area (TPSA) is 0 Å². The zero-order chi connectivity index (χ0) is 16.2. The van der Waals surface area contributed by atoms with Crippen LogP contribution in [0.3, 0.4) is 0 Å². The van der Waals surface area contributed by atoms with Crippen LogP contribution in [0.5, 0.6) is 0 Å². The summed E-state index contributed by atoms with van der Waals surface area (Å²) in [6.07, 6.45) is 6.56. The summed E-state index contributed by atoms with van der Waals surface area (Å²) in [6, 6.07) is 31.1. The second-order valence-electron chi connectivity index (χ2n) is 6.95. The van der Waals surface area contributed by atoms with Crippen LogP contribution in [0, 0.1) is 0 Å². The molecule has 0 heteroatoms. The third-order valence-corrected chi connectivity index (χ3v) is 5.58. The van der Waals surface area contributed by atoms with Crippen molar-refractivity contribution in [3.63, 3.8) is 0 Å². The van der Waals surface area contributed by atoms with Gasteiger partial charge in [-0.05, 0) is 35.1 Å². The smallest absolute Gasteiger partial charge is 0.0202 e. The highest BCUT2D eigenvalue weighted by Crippen LogP contribution is 2.45. The van der Waals surface area contributed by atoms with Gasteiger partial charge in [0.05, 0.1) is 0 Å². The fraction of sp³-hybridized carbons (Fsp3) is 0.250. The predicted molar refractivity (Wildman–Crippen MR) is 102 cm³/mol. The summed E-state index contributed by atoms with van der Waals surface area (Å²) in [6.45, 7) is 0. The summed E-state index contributed by atoms with van der Waals surface area (Å²) in [5.41, 5.74) is 5.76. The highest BCUT2D eigenvalue weighted by molar-refractivity contribution is 5.64. The molecule has 1 aliphatic carbocycles. The number of rotatable bonds is 3. The summed E-state index contributed by atoms with van der Waals surface area (Å²) in [5, 5.41) is 0. The summed E-state index contributed by atoms with van der Waals surface area (Å²) in [5.74, 6) is 0. The summed E-state index contributed by atoms with van der Waals surface area (Å²) in [4.78, 5) is 0. The molecule has 1 fully saturated rings. The van der Waals surface area contributed by atoms with Crippen molar-refractivity contribution in [1.82, 2.24) is 0 Å². The Morgan fingerprint density at radius 3 is 1.58 bits per heavy atom.